The van der Waals surface area contributed by atoms with Crippen LogP contribution in [0.3, 0.4) is 0 Å². The number of hydrogen-bond acceptors (Lipinski definition) is 5. The standard InChI is InChI=1S/C17H26N4O3S.2ClH/c1-13-4-8-19-12-16(13)20-17(22)14-5-9-21(10-6-14)25(23,24)15-3-2-7-18-11-15;;/h2-3,7,11,13-14,16,19H,4-6,8-10,12H2,1H3,(H,20,22);2*1H. The Morgan fingerprint density at radius 3 is 2.56 bits per heavy atom. The van der Waals surface area contributed by atoms with Crippen LogP contribution in [0.2, 0.25) is 0 Å². The monoisotopic (exact) mass is 438 g/mol. The van der Waals surface area contributed by atoms with Gasteiger partial charge in [-0.05, 0) is 43.9 Å². The first kappa shape index (κ1) is 24.1. The fourth-order valence-electron chi connectivity index (χ4n) is 3.49. The van der Waals surface area contributed by atoms with E-state index in [1.54, 1.807) is 18.3 Å². The highest BCUT2D eigenvalue weighted by molar-refractivity contribution is 7.89. The van der Waals surface area contributed by atoms with Crippen LogP contribution in [0.1, 0.15) is 26.2 Å². The summed E-state index contributed by atoms with van der Waals surface area (Å²) in [6, 6.07) is 3.34. The molecule has 1 aromatic rings. The molecule has 0 aliphatic carbocycles. The third-order valence-electron chi connectivity index (χ3n) is 5.25. The van der Waals surface area contributed by atoms with Crippen molar-refractivity contribution in [3.63, 3.8) is 0 Å². The summed E-state index contributed by atoms with van der Waals surface area (Å²) in [6.07, 6.45) is 5.09. The van der Waals surface area contributed by atoms with Gasteiger partial charge in [0.25, 0.3) is 0 Å². The van der Waals surface area contributed by atoms with Crippen molar-refractivity contribution in [3.05, 3.63) is 24.5 Å². The van der Waals surface area contributed by atoms with Crippen molar-refractivity contribution < 1.29 is 13.2 Å². The van der Waals surface area contributed by atoms with E-state index >= 15 is 0 Å². The van der Waals surface area contributed by atoms with Gasteiger partial charge in [0, 0.05) is 44.0 Å². The van der Waals surface area contributed by atoms with Crippen LogP contribution >= 0.6 is 24.8 Å². The molecule has 1 aromatic heterocycles. The van der Waals surface area contributed by atoms with Crippen LogP contribution in [0, 0.1) is 11.8 Å². The first-order valence-electron chi connectivity index (χ1n) is 8.90. The Bertz CT molecular complexity index is 697. The van der Waals surface area contributed by atoms with Crippen LogP contribution in [0.15, 0.2) is 29.4 Å². The van der Waals surface area contributed by atoms with Gasteiger partial charge in [-0.1, -0.05) is 6.92 Å². The first-order valence-corrected chi connectivity index (χ1v) is 10.3. The van der Waals surface area contributed by atoms with Gasteiger partial charge >= 0.3 is 0 Å². The Hall–Kier alpha value is -0.930. The average Bonchev–Trinajstić information content (AvgIpc) is 2.64. The molecule has 7 nitrogen and oxygen atoms in total. The van der Waals surface area contributed by atoms with Crippen LogP contribution < -0.4 is 10.6 Å². The number of pyridine rings is 1. The number of amides is 1. The van der Waals surface area contributed by atoms with Gasteiger partial charge in [0.1, 0.15) is 4.90 Å². The summed E-state index contributed by atoms with van der Waals surface area (Å²) in [4.78, 5) is 16.6. The second-order valence-corrected chi connectivity index (χ2v) is 8.89. The Morgan fingerprint density at radius 1 is 1.26 bits per heavy atom. The van der Waals surface area contributed by atoms with Crippen molar-refractivity contribution in [2.45, 2.75) is 37.1 Å². The van der Waals surface area contributed by atoms with Crippen LogP contribution in [-0.4, -0.2) is 55.8 Å². The number of nitrogens with one attached hydrogen (secondary N) is 2. The van der Waals surface area contributed by atoms with Gasteiger partial charge in [0.15, 0.2) is 0 Å². The number of nitrogens with zero attached hydrogens (tertiary/aromatic N) is 2. The molecule has 2 aliphatic rings. The van der Waals surface area contributed by atoms with Crippen molar-refractivity contribution in [1.29, 1.82) is 0 Å². The molecule has 0 aromatic carbocycles. The van der Waals surface area contributed by atoms with Gasteiger partial charge in [-0.3, -0.25) is 9.78 Å². The molecule has 0 radical (unpaired) electrons. The minimum atomic E-state index is -3.52. The Morgan fingerprint density at radius 2 is 1.96 bits per heavy atom. The summed E-state index contributed by atoms with van der Waals surface area (Å²) in [7, 11) is -3.52. The summed E-state index contributed by atoms with van der Waals surface area (Å²) >= 11 is 0. The largest absolute Gasteiger partial charge is 0.352 e. The number of hydrogen-bond donors (Lipinski definition) is 2. The molecule has 3 rings (SSSR count). The quantitative estimate of drug-likeness (QED) is 0.741. The number of carbonyl (C=O) groups is 1. The van der Waals surface area contributed by atoms with Gasteiger partial charge in [0.2, 0.25) is 15.9 Å². The highest BCUT2D eigenvalue weighted by Crippen LogP contribution is 2.24. The van der Waals surface area contributed by atoms with Crippen molar-refractivity contribution in [2.75, 3.05) is 26.2 Å². The molecule has 2 saturated heterocycles. The van der Waals surface area contributed by atoms with Crippen LogP contribution in [0.4, 0.5) is 0 Å². The van der Waals surface area contributed by atoms with Crippen LogP contribution in [0.5, 0.6) is 0 Å². The fourth-order valence-corrected chi connectivity index (χ4v) is 4.92. The lowest BCUT2D eigenvalue weighted by Gasteiger charge is -2.34. The number of sulfonamides is 1. The smallest absolute Gasteiger partial charge is 0.244 e. The van der Waals surface area contributed by atoms with Gasteiger partial charge < -0.3 is 10.6 Å². The highest BCUT2D eigenvalue weighted by atomic mass is 35.5. The zero-order valence-corrected chi connectivity index (χ0v) is 17.8. The molecule has 3 heterocycles. The molecule has 154 valence electrons. The lowest BCUT2D eigenvalue weighted by molar-refractivity contribution is -0.127. The second-order valence-electron chi connectivity index (χ2n) is 6.95. The fraction of sp³-hybridized carbons (Fsp3) is 0.647. The normalized spacial score (nSPS) is 24.3. The van der Waals surface area contributed by atoms with Crippen LogP contribution in [0.25, 0.3) is 0 Å². The SMILES string of the molecule is CC1CCNCC1NC(=O)C1CCN(S(=O)(=O)c2cccnc2)CC1.Cl.Cl. The molecule has 2 unspecified atom stereocenters. The molecule has 2 fully saturated rings. The maximum Gasteiger partial charge on any atom is 0.244 e. The zero-order chi connectivity index (χ0) is 17.9. The lowest BCUT2D eigenvalue weighted by atomic mass is 9.92. The number of aromatic nitrogens is 1. The van der Waals surface area contributed by atoms with E-state index in [4.69, 9.17) is 0 Å². The Balaban J connectivity index is 0.00000182. The maximum absolute atomic E-state index is 12.6. The molecular weight excluding hydrogens is 411 g/mol. The zero-order valence-electron chi connectivity index (χ0n) is 15.3. The molecule has 2 N–H and O–H groups in total. The second kappa shape index (κ2) is 10.6. The summed E-state index contributed by atoms with van der Waals surface area (Å²) in [6.45, 7) is 4.70. The van der Waals surface area contributed by atoms with Crippen molar-refractivity contribution in [3.8, 4) is 0 Å². The van der Waals surface area contributed by atoms with Gasteiger partial charge in [0.05, 0.1) is 0 Å². The third-order valence-corrected chi connectivity index (χ3v) is 7.13. The van der Waals surface area contributed by atoms with E-state index < -0.39 is 10.0 Å². The Kier molecular flexibility index (Phi) is 9.44. The summed E-state index contributed by atoms with van der Waals surface area (Å²) in [5.41, 5.74) is 0. The van der Waals surface area contributed by atoms with Crippen molar-refractivity contribution in [1.82, 2.24) is 19.9 Å². The number of halogens is 2. The topological polar surface area (TPSA) is 91.4 Å². The molecule has 10 heteroatoms. The maximum atomic E-state index is 12.6. The van der Waals surface area contributed by atoms with E-state index in [2.05, 4.69) is 22.5 Å². The minimum Gasteiger partial charge on any atom is -0.352 e. The third kappa shape index (κ3) is 5.77. The van der Waals surface area contributed by atoms with E-state index in [1.807, 2.05) is 0 Å². The van der Waals surface area contributed by atoms with Crippen LogP contribution in [-0.2, 0) is 14.8 Å². The highest BCUT2D eigenvalue weighted by Gasteiger charge is 2.33. The predicted octanol–water partition coefficient (Wildman–Crippen LogP) is 1.44. The number of carbonyl (C=O) groups excluding carboxylic acids is 1. The molecule has 27 heavy (non-hydrogen) atoms. The summed E-state index contributed by atoms with van der Waals surface area (Å²) in [5.74, 6) is 0.407. The molecule has 0 spiro atoms. The minimum absolute atomic E-state index is 0. The van der Waals surface area contributed by atoms with Gasteiger partial charge in [-0.2, -0.15) is 4.31 Å². The van der Waals surface area contributed by atoms with E-state index in [-0.39, 0.29) is 47.6 Å². The van der Waals surface area contributed by atoms with E-state index in [9.17, 15) is 13.2 Å². The lowest BCUT2D eigenvalue weighted by Crippen LogP contribution is -2.52. The van der Waals surface area contributed by atoms with Gasteiger partial charge in [-0.25, -0.2) is 8.42 Å². The van der Waals surface area contributed by atoms with Crippen molar-refractivity contribution in [2.24, 2.45) is 11.8 Å². The molecule has 0 bridgehead atoms. The molecular formula is C17H28Cl2N4O3S. The van der Waals surface area contributed by atoms with Gasteiger partial charge in [-0.15, -0.1) is 24.8 Å². The summed E-state index contributed by atoms with van der Waals surface area (Å²) < 4.78 is 26.7. The van der Waals surface area contributed by atoms with E-state index in [0.717, 1.165) is 19.5 Å². The first-order chi connectivity index (χ1) is 12.0. The van der Waals surface area contributed by atoms with E-state index in [0.29, 0.717) is 31.8 Å². The van der Waals surface area contributed by atoms with E-state index in [1.165, 1.54) is 10.5 Å². The Labute approximate surface area is 173 Å². The summed E-state index contributed by atoms with van der Waals surface area (Å²) in [5, 5.41) is 6.45. The molecule has 2 aliphatic heterocycles. The average molecular weight is 439 g/mol. The van der Waals surface area contributed by atoms with Crippen molar-refractivity contribution >= 4 is 40.7 Å². The molecule has 1 amide bonds. The number of rotatable bonds is 4. The number of piperidine rings is 2. The molecule has 2 atom stereocenters. The molecule has 0 saturated carbocycles. The predicted molar refractivity (Wildman–Crippen MR) is 109 cm³/mol.